The van der Waals surface area contributed by atoms with Gasteiger partial charge in [-0.1, -0.05) is 54.0 Å². The van der Waals surface area contributed by atoms with Gasteiger partial charge in [0.25, 0.3) is 0 Å². The zero-order valence-corrected chi connectivity index (χ0v) is 11.9. The number of benzene rings is 2. The van der Waals surface area contributed by atoms with Crippen molar-refractivity contribution in [2.75, 3.05) is 0 Å². The molecule has 1 nitrogen and oxygen atoms in total. The van der Waals surface area contributed by atoms with Crippen molar-refractivity contribution in [1.29, 1.82) is 5.26 Å². The first-order valence-electron chi connectivity index (χ1n) is 5.89. The van der Waals surface area contributed by atoms with Gasteiger partial charge in [-0.2, -0.15) is 5.26 Å². The quantitative estimate of drug-likeness (QED) is 0.696. The molecule has 0 radical (unpaired) electrons. The van der Waals surface area contributed by atoms with Gasteiger partial charge in [-0.3, -0.25) is 0 Å². The van der Waals surface area contributed by atoms with Crippen LogP contribution in [0.3, 0.4) is 0 Å². The van der Waals surface area contributed by atoms with Crippen LogP contribution in [0.2, 0.25) is 0 Å². The van der Waals surface area contributed by atoms with Crippen molar-refractivity contribution in [3.63, 3.8) is 0 Å². The van der Waals surface area contributed by atoms with Gasteiger partial charge in [0.1, 0.15) is 0 Å². The van der Waals surface area contributed by atoms with E-state index in [9.17, 15) is 0 Å². The van der Waals surface area contributed by atoms with E-state index in [2.05, 4.69) is 60.1 Å². The normalized spacial score (nSPS) is 14.8. The Bertz CT molecular complexity index is 693. The molecule has 0 bridgehead atoms. The summed E-state index contributed by atoms with van der Waals surface area (Å²) in [5, 5.41) is 9.11. The number of hydrogen-bond acceptors (Lipinski definition) is 1. The average molecular weight is 298 g/mol. The van der Waals surface area contributed by atoms with Crippen LogP contribution in [0.15, 0.2) is 40.9 Å². The van der Waals surface area contributed by atoms with Gasteiger partial charge in [0.05, 0.1) is 11.6 Å². The second-order valence-corrected chi connectivity index (χ2v) is 6.02. The average Bonchev–Trinajstić information content (AvgIpc) is 2.59. The molecule has 0 spiro atoms. The lowest BCUT2D eigenvalue weighted by molar-refractivity contribution is 0.660. The number of rotatable bonds is 0. The predicted molar refractivity (Wildman–Crippen MR) is 76.4 cm³/mol. The zero-order valence-electron chi connectivity index (χ0n) is 10.3. The zero-order chi connectivity index (χ0) is 12.9. The summed E-state index contributed by atoms with van der Waals surface area (Å²) in [5.41, 5.74) is 5.73. The lowest BCUT2D eigenvalue weighted by Crippen LogP contribution is -2.15. The Morgan fingerprint density at radius 1 is 1.11 bits per heavy atom. The largest absolute Gasteiger partial charge is 0.192 e. The van der Waals surface area contributed by atoms with Crippen LogP contribution >= 0.6 is 15.9 Å². The van der Waals surface area contributed by atoms with E-state index >= 15 is 0 Å². The second kappa shape index (κ2) is 3.70. The van der Waals surface area contributed by atoms with Crippen molar-refractivity contribution in [3.8, 4) is 17.2 Å². The molecule has 88 valence electrons. The highest BCUT2D eigenvalue weighted by Gasteiger charge is 2.36. The smallest absolute Gasteiger partial charge is 0.0992 e. The van der Waals surface area contributed by atoms with Crippen molar-refractivity contribution < 1.29 is 0 Å². The van der Waals surface area contributed by atoms with Crippen molar-refractivity contribution in [2.45, 2.75) is 19.3 Å². The molecule has 0 unspecified atom stereocenters. The monoisotopic (exact) mass is 297 g/mol. The molecular weight excluding hydrogens is 286 g/mol. The highest BCUT2D eigenvalue weighted by Crippen LogP contribution is 2.51. The third kappa shape index (κ3) is 1.38. The minimum atomic E-state index is -0.0404. The summed E-state index contributed by atoms with van der Waals surface area (Å²) in [5.74, 6) is 0. The fourth-order valence-corrected chi connectivity index (χ4v) is 3.50. The van der Waals surface area contributed by atoms with Crippen molar-refractivity contribution in [1.82, 2.24) is 0 Å². The van der Waals surface area contributed by atoms with Crippen LogP contribution in [0.1, 0.15) is 30.5 Å². The highest BCUT2D eigenvalue weighted by atomic mass is 79.9. The number of halogens is 1. The van der Waals surface area contributed by atoms with E-state index in [1.165, 1.54) is 22.3 Å². The van der Waals surface area contributed by atoms with E-state index in [0.29, 0.717) is 5.56 Å². The Balaban J connectivity index is 2.43. The fraction of sp³-hybridized carbons (Fsp3) is 0.188. The van der Waals surface area contributed by atoms with E-state index in [4.69, 9.17) is 5.26 Å². The van der Waals surface area contributed by atoms with Gasteiger partial charge < -0.3 is 0 Å². The van der Waals surface area contributed by atoms with Gasteiger partial charge in [-0.05, 0) is 28.8 Å². The van der Waals surface area contributed by atoms with Gasteiger partial charge in [-0.15, -0.1) is 0 Å². The van der Waals surface area contributed by atoms with Crippen LogP contribution in [0.4, 0.5) is 0 Å². The molecule has 0 amide bonds. The topological polar surface area (TPSA) is 23.8 Å². The molecule has 1 aliphatic rings. The molecule has 3 rings (SSSR count). The van der Waals surface area contributed by atoms with Gasteiger partial charge in [0.2, 0.25) is 0 Å². The van der Waals surface area contributed by atoms with Gasteiger partial charge in [0, 0.05) is 15.5 Å². The van der Waals surface area contributed by atoms with Crippen LogP contribution in [0, 0.1) is 11.3 Å². The Labute approximate surface area is 115 Å². The second-order valence-electron chi connectivity index (χ2n) is 5.16. The summed E-state index contributed by atoms with van der Waals surface area (Å²) in [6, 6.07) is 14.6. The van der Waals surface area contributed by atoms with Crippen molar-refractivity contribution >= 4 is 15.9 Å². The van der Waals surface area contributed by atoms with Crippen LogP contribution in [0.25, 0.3) is 11.1 Å². The van der Waals surface area contributed by atoms with E-state index in [0.717, 1.165) is 4.47 Å². The minimum Gasteiger partial charge on any atom is -0.192 e. The summed E-state index contributed by atoms with van der Waals surface area (Å²) in [6.45, 7) is 4.43. The van der Waals surface area contributed by atoms with Gasteiger partial charge in [-0.25, -0.2) is 0 Å². The van der Waals surface area contributed by atoms with Crippen LogP contribution in [-0.4, -0.2) is 0 Å². The maximum atomic E-state index is 9.11. The Hall–Kier alpha value is -1.59. The molecule has 0 saturated carbocycles. The summed E-state index contributed by atoms with van der Waals surface area (Å²) >= 11 is 3.61. The Kier molecular flexibility index (Phi) is 2.36. The number of hydrogen-bond donors (Lipinski definition) is 0. The maximum Gasteiger partial charge on any atom is 0.0992 e. The molecule has 1 aliphatic carbocycles. The Morgan fingerprint density at radius 3 is 2.56 bits per heavy atom. The highest BCUT2D eigenvalue weighted by molar-refractivity contribution is 9.10. The first-order valence-corrected chi connectivity index (χ1v) is 6.69. The lowest BCUT2D eigenvalue weighted by Gasteiger charge is -2.21. The molecule has 2 aromatic rings. The fourth-order valence-electron chi connectivity index (χ4n) is 2.83. The van der Waals surface area contributed by atoms with E-state index in [-0.39, 0.29) is 5.41 Å². The van der Waals surface area contributed by atoms with Crippen LogP contribution in [0.5, 0.6) is 0 Å². The van der Waals surface area contributed by atoms with E-state index < -0.39 is 0 Å². The van der Waals surface area contributed by atoms with Gasteiger partial charge >= 0.3 is 0 Å². The Morgan fingerprint density at radius 2 is 1.83 bits per heavy atom. The third-order valence-electron chi connectivity index (χ3n) is 3.76. The van der Waals surface area contributed by atoms with Crippen molar-refractivity contribution in [2.24, 2.45) is 0 Å². The molecule has 0 aliphatic heterocycles. The summed E-state index contributed by atoms with van der Waals surface area (Å²) < 4.78 is 1.01. The van der Waals surface area contributed by atoms with E-state index in [1.807, 2.05) is 12.1 Å². The number of nitriles is 1. The molecule has 2 aromatic carbocycles. The van der Waals surface area contributed by atoms with Gasteiger partial charge in [0.15, 0.2) is 0 Å². The molecule has 0 aromatic heterocycles. The van der Waals surface area contributed by atoms with Crippen molar-refractivity contribution in [3.05, 3.63) is 57.6 Å². The summed E-state index contributed by atoms with van der Waals surface area (Å²) in [6.07, 6.45) is 0. The van der Waals surface area contributed by atoms with Crippen LogP contribution < -0.4 is 0 Å². The maximum absolute atomic E-state index is 9.11. The minimum absolute atomic E-state index is 0.0404. The van der Waals surface area contributed by atoms with Crippen LogP contribution in [-0.2, 0) is 5.41 Å². The lowest BCUT2D eigenvalue weighted by atomic mass is 9.82. The molecule has 0 saturated heterocycles. The molecule has 0 fully saturated rings. The number of nitrogens with zero attached hydrogens (tertiary/aromatic N) is 1. The molecule has 0 atom stereocenters. The SMILES string of the molecule is CC1(C)c2ccccc2-c2c(Br)cc(C#N)cc21. The predicted octanol–water partition coefficient (Wildman–Crippen LogP) is 4.63. The summed E-state index contributed by atoms with van der Waals surface area (Å²) in [7, 11) is 0. The summed E-state index contributed by atoms with van der Waals surface area (Å²) in [4.78, 5) is 0. The first kappa shape index (κ1) is 11.5. The molecule has 0 heterocycles. The van der Waals surface area contributed by atoms with E-state index in [1.54, 1.807) is 0 Å². The molecule has 0 N–H and O–H groups in total. The third-order valence-corrected chi connectivity index (χ3v) is 4.39. The molecular formula is C16H12BrN. The molecule has 18 heavy (non-hydrogen) atoms. The standard InChI is InChI=1S/C16H12BrN/c1-16(2)12-6-4-3-5-11(12)15-13(16)7-10(9-18)8-14(15)17/h3-8H,1-2H3. The first-order chi connectivity index (χ1) is 8.55. The number of fused-ring (bicyclic) bond motifs is 3. The molecule has 2 heteroatoms.